The second-order valence-electron chi connectivity index (χ2n) is 18.3. The van der Waals surface area contributed by atoms with Crippen molar-refractivity contribution in [2.75, 3.05) is 0 Å². The molecular formula is C51H56O4. The van der Waals surface area contributed by atoms with Crippen LogP contribution in [-0.4, -0.2) is 20.4 Å². The van der Waals surface area contributed by atoms with E-state index in [-0.39, 0.29) is 11.8 Å². The number of phenolic OH excluding ortho intramolecular Hbond substituents is 4. The van der Waals surface area contributed by atoms with Crippen LogP contribution in [-0.2, 0) is 0 Å². The van der Waals surface area contributed by atoms with Gasteiger partial charge >= 0.3 is 0 Å². The Hall–Kier alpha value is -4.70. The summed E-state index contributed by atoms with van der Waals surface area (Å²) in [4.78, 5) is 0. The number of benzene rings is 5. The fraction of sp³-hybridized carbons (Fsp3) is 0.412. The van der Waals surface area contributed by atoms with Crippen molar-refractivity contribution in [2.24, 2.45) is 35.5 Å². The number of aryl methyl sites for hydroxylation is 5. The normalized spacial score (nSPS) is 27.3. The highest BCUT2D eigenvalue weighted by atomic mass is 16.3. The molecular weight excluding hydrogens is 677 g/mol. The molecule has 0 aliphatic heterocycles. The Morgan fingerprint density at radius 2 is 0.727 bits per heavy atom. The van der Waals surface area contributed by atoms with Gasteiger partial charge in [-0.25, -0.2) is 0 Å². The van der Waals surface area contributed by atoms with Gasteiger partial charge in [0.05, 0.1) is 0 Å². The van der Waals surface area contributed by atoms with Gasteiger partial charge in [-0.15, -0.1) is 0 Å². The highest BCUT2D eigenvalue weighted by Crippen LogP contribution is 2.62. The molecule has 5 aromatic rings. The Kier molecular flexibility index (Phi) is 9.02. The van der Waals surface area contributed by atoms with Crippen LogP contribution in [0.25, 0.3) is 0 Å². The average molecular weight is 733 g/mol. The van der Waals surface area contributed by atoms with Crippen molar-refractivity contribution in [3.63, 3.8) is 0 Å². The van der Waals surface area contributed by atoms with E-state index in [9.17, 15) is 20.4 Å². The molecule has 9 unspecified atom stereocenters. The van der Waals surface area contributed by atoms with Crippen LogP contribution in [0.2, 0.25) is 0 Å². The molecule has 0 aromatic heterocycles. The number of aromatic hydroxyl groups is 4. The van der Waals surface area contributed by atoms with Gasteiger partial charge in [-0.2, -0.15) is 0 Å². The summed E-state index contributed by atoms with van der Waals surface area (Å²) in [5.41, 5.74) is 12.7. The van der Waals surface area contributed by atoms with Gasteiger partial charge in [-0.1, -0.05) is 72.8 Å². The van der Waals surface area contributed by atoms with E-state index < -0.39 is 0 Å². The van der Waals surface area contributed by atoms with Crippen molar-refractivity contribution in [3.8, 4) is 23.0 Å². The topological polar surface area (TPSA) is 80.9 Å². The maximum absolute atomic E-state index is 10.6. The SMILES string of the molecule is Cc1cc(C(c2ccc(O)c(C)c2)C2CC3CC2CC3c2ccc(C3CC4CC3CC4C(c3ccc(O)c(C)c3)c3cc(C)c(O)c(C)c3)cc2)ccc1O. The van der Waals surface area contributed by atoms with Crippen molar-refractivity contribution in [3.05, 3.63) is 152 Å². The van der Waals surface area contributed by atoms with Gasteiger partial charge in [0.2, 0.25) is 0 Å². The summed E-state index contributed by atoms with van der Waals surface area (Å²) < 4.78 is 0. The van der Waals surface area contributed by atoms with Gasteiger partial charge in [0, 0.05) is 11.8 Å². The summed E-state index contributed by atoms with van der Waals surface area (Å²) in [7, 11) is 0. The van der Waals surface area contributed by atoms with Crippen molar-refractivity contribution in [2.45, 2.75) is 96.8 Å². The van der Waals surface area contributed by atoms with E-state index in [1.807, 2.05) is 52.8 Å². The van der Waals surface area contributed by atoms with E-state index in [0.717, 1.165) is 27.8 Å². The highest BCUT2D eigenvalue weighted by Gasteiger charge is 2.51. The lowest BCUT2D eigenvalue weighted by Crippen LogP contribution is -2.24. The molecule has 4 aliphatic rings. The minimum absolute atomic E-state index is 0.243. The van der Waals surface area contributed by atoms with E-state index in [0.29, 0.717) is 70.3 Å². The number of hydrogen-bond donors (Lipinski definition) is 4. The minimum Gasteiger partial charge on any atom is -0.508 e. The van der Waals surface area contributed by atoms with Gasteiger partial charge in [0.15, 0.2) is 0 Å². The predicted octanol–water partition coefficient (Wildman–Crippen LogP) is 12.0. The Labute approximate surface area is 326 Å². The lowest BCUT2D eigenvalue weighted by atomic mass is 9.68. The quantitative estimate of drug-likeness (QED) is 0.128. The van der Waals surface area contributed by atoms with E-state index in [1.165, 1.54) is 71.9 Å². The molecule has 4 saturated carbocycles. The number of hydrogen-bond acceptors (Lipinski definition) is 4. The monoisotopic (exact) mass is 732 g/mol. The molecule has 0 saturated heterocycles. The largest absolute Gasteiger partial charge is 0.508 e. The van der Waals surface area contributed by atoms with Crippen LogP contribution in [0, 0.1) is 70.1 Å². The molecule has 5 aromatic carbocycles. The van der Waals surface area contributed by atoms with Crippen LogP contribution >= 0.6 is 0 Å². The summed E-state index contributed by atoms with van der Waals surface area (Å²) >= 11 is 0. The second kappa shape index (κ2) is 13.8. The van der Waals surface area contributed by atoms with Gasteiger partial charge < -0.3 is 20.4 Å². The van der Waals surface area contributed by atoms with Crippen molar-refractivity contribution in [1.29, 1.82) is 0 Å². The van der Waals surface area contributed by atoms with Gasteiger partial charge in [-0.05, 0) is 200 Å². The molecule has 0 heterocycles. The molecule has 4 nitrogen and oxygen atoms in total. The second-order valence-corrected chi connectivity index (χ2v) is 18.3. The number of fused-ring (bicyclic) bond motifs is 4. The van der Waals surface area contributed by atoms with Crippen LogP contribution in [0.15, 0.2) is 91.0 Å². The summed E-state index contributed by atoms with van der Waals surface area (Å²) in [6.07, 6.45) is 7.41. The highest BCUT2D eigenvalue weighted by molar-refractivity contribution is 5.49. The van der Waals surface area contributed by atoms with Crippen molar-refractivity contribution < 1.29 is 20.4 Å². The summed E-state index contributed by atoms with van der Waals surface area (Å²) in [6.45, 7) is 9.99. The molecule has 0 radical (unpaired) electrons. The molecule has 4 heteroatoms. The number of rotatable bonds is 8. The molecule has 55 heavy (non-hydrogen) atoms. The molecule has 284 valence electrons. The van der Waals surface area contributed by atoms with Crippen molar-refractivity contribution >= 4 is 0 Å². The summed E-state index contributed by atoms with van der Waals surface area (Å²) in [5.74, 6) is 6.86. The molecule has 0 amide bonds. The fourth-order valence-corrected chi connectivity index (χ4v) is 12.4. The maximum Gasteiger partial charge on any atom is 0.121 e. The third-order valence-electron chi connectivity index (χ3n) is 15.1. The van der Waals surface area contributed by atoms with Gasteiger partial charge in [-0.3, -0.25) is 0 Å². The van der Waals surface area contributed by atoms with Gasteiger partial charge in [0.25, 0.3) is 0 Å². The van der Waals surface area contributed by atoms with E-state index in [4.69, 9.17) is 0 Å². The van der Waals surface area contributed by atoms with Crippen LogP contribution in [0.3, 0.4) is 0 Å². The van der Waals surface area contributed by atoms with E-state index >= 15 is 0 Å². The molecule has 9 atom stereocenters. The maximum atomic E-state index is 10.6. The third-order valence-corrected chi connectivity index (χ3v) is 15.1. The fourth-order valence-electron chi connectivity index (χ4n) is 12.4. The average Bonchev–Trinajstić information content (AvgIpc) is 3.98. The molecule has 4 aliphatic carbocycles. The van der Waals surface area contributed by atoms with Crippen LogP contribution in [0.4, 0.5) is 0 Å². The van der Waals surface area contributed by atoms with Crippen LogP contribution in [0.5, 0.6) is 23.0 Å². The van der Waals surface area contributed by atoms with Gasteiger partial charge in [0.1, 0.15) is 23.0 Å². The predicted molar refractivity (Wildman–Crippen MR) is 220 cm³/mol. The lowest BCUT2D eigenvalue weighted by molar-refractivity contribution is 0.278. The van der Waals surface area contributed by atoms with E-state index in [1.54, 1.807) is 0 Å². The Morgan fingerprint density at radius 3 is 1.05 bits per heavy atom. The zero-order chi connectivity index (χ0) is 38.3. The first-order chi connectivity index (χ1) is 26.4. The van der Waals surface area contributed by atoms with E-state index in [2.05, 4.69) is 72.8 Å². The third kappa shape index (κ3) is 6.30. The smallest absolute Gasteiger partial charge is 0.121 e. The lowest BCUT2D eigenvalue weighted by Gasteiger charge is -2.36. The Balaban J connectivity index is 0.914. The first-order valence-electron chi connectivity index (χ1n) is 20.7. The summed E-state index contributed by atoms with van der Waals surface area (Å²) in [5, 5.41) is 41.7. The molecule has 4 N–H and O–H groups in total. The molecule has 4 fully saturated rings. The Bertz CT molecular complexity index is 2180. The van der Waals surface area contributed by atoms with Crippen LogP contribution in [0.1, 0.15) is 123 Å². The zero-order valence-corrected chi connectivity index (χ0v) is 33.0. The number of phenols is 4. The first kappa shape index (κ1) is 36.0. The summed E-state index contributed by atoms with van der Waals surface area (Å²) in [6, 6.07) is 32.7. The molecule has 4 bridgehead atoms. The van der Waals surface area contributed by atoms with Crippen LogP contribution < -0.4 is 0 Å². The zero-order valence-electron chi connectivity index (χ0n) is 33.0. The Morgan fingerprint density at radius 1 is 0.382 bits per heavy atom. The molecule has 0 spiro atoms. The van der Waals surface area contributed by atoms with Crippen molar-refractivity contribution in [1.82, 2.24) is 0 Å². The molecule has 9 rings (SSSR count). The first-order valence-corrected chi connectivity index (χ1v) is 20.7. The minimum atomic E-state index is 0.243. The standard InChI is InChI=1S/C51H56O4/c1-27-16-34(10-13-46(27)52)49(35-11-14-47(53)28(2)17-35)44-25-37-21-39(44)23-42(37)32-6-8-33(9-7-32)43-24-40-22-38(43)26-45(40)50(36-12-15-48(54)29(3)18-36)41-19-30(4)51(55)31(5)20-41/h6-20,37-40,42-45,49-50,52-55H,21-26H2,1-5H3.